The lowest BCUT2D eigenvalue weighted by Gasteiger charge is -2.35. The van der Waals surface area contributed by atoms with Gasteiger partial charge in [0.25, 0.3) is 0 Å². The molecule has 1 aliphatic rings. The fourth-order valence-corrected chi connectivity index (χ4v) is 2.17. The van der Waals surface area contributed by atoms with Crippen LogP contribution in [-0.2, 0) is 9.53 Å². The van der Waals surface area contributed by atoms with E-state index in [2.05, 4.69) is 10.2 Å². The topological polar surface area (TPSA) is 82.1 Å². The van der Waals surface area contributed by atoms with Crippen LogP contribution in [0.15, 0.2) is 0 Å². The molecule has 7 heteroatoms. The van der Waals surface area contributed by atoms with Crippen LogP contribution in [0.25, 0.3) is 0 Å². The Balaban J connectivity index is 2.44. The van der Waals surface area contributed by atoms with E-state index < -0.39 is 12.0 Å². The molecule has 2 amide bonds. The van der Waals surface area contributed by atoms with Gasteiger partial charge in [0.05, 0.1) is 6.61 Å². The first-order chi connectivity index (χ1) is 8.95. The van der Waals surface area contributed by atoms with Crippen molar-refractivity contribution in [2.75, 3.05) is 40.9 Å². The summed E-state index contributed by atoms with van der Waals surface area (Å²) in [6.45, 7) is 1.26. The van der Waals surface area contributed by atoms with Crippen LogP contribution in [0.3, 0.4) is 0 Å². The fourth-order valence-electron chi connectivity index (χ4n) is 2.17. The van der Waals surface area contributed by atoms with Crippen molar-refractivity contribution >= 4 is 12.0 Å². The van der Waals surface area contributed by atoms with E-state index in [0.717, 1.165) is 12.8 Å². The van der Waals surface area contributed by atoms with Gasteiger partial charge in [-0.25, -0.2) is 9.59 Å². The highest BCUT2D eigenvalue weighted by Gasteiger charge is 2.27. The Morgan fingerprint density at radius 2 is 2.00 bits per heavy atom. The van der Waals surface area contributed by atoms with Crippen LogP contribution >= 0.6 is 0 Å². The number of carboxylic acids is 1. The normalized spacial score (nSPS) is 18.4. The largest absolute Gasteiger partial charge is 0.480 e. The molecule has 1 heterocycles. The number of hydrogen-bond donors (Lipinski definition) is 2. The van der Waals surface area contributed by atoms with Gasteiger partial charge in [0, 0.05) is 26.2 Å². The van der Waals surface area contributed by atoms with E-state index >= 15 is 0 Å². The highest BCUT2D eigenvalue weighted by Crippen LogP contribution is 2.14. The number of carbonyl (C=O) groups excluding carboxylic acids is 1. The molecule has 1 saturated heterocycles. The average molecular weight is 273 g/mol. The molecular formula is C12H23N3O4. The molecule has 1 aliphatic heterocycles. The summed E-state index contributed by atoms with van der Waals surface area (Å²) in [6, 6.07) is -0.843. The Morgan fingerprint density at radius 3 is 2.42 bits per heavy atom. The van der Waals surface area contributed by atoms with Crippen LogP contribution in [0.4, 0.5) is 4.79 Å². The maximum atomic E-state index is 11.9. The predicted octanol–water partition coefficient (Wildman–Crippen LogP) is -0.178. The highest BCUT2D eigenvalue weighted by atomic mass is 16.5. The number of urea groups is 1. The summed E-state index contributed by atoms with van der Waals surface area (Å²) >= 11 is 0. The molecule has 2 N–H and O–H groups in total. The molecule has 1 fully saturated rings. The number of nitrogens with zero attached hydrogens (tertiary/aromatic N) is 2. The average Bonchev–Trinajstić information content (AvgIpc) is 2.38. The standard InChI is InChI=1S/C12H23N3O4/c1-14(2)9-4-6-15(7-5-9)12(18)13-10(8-19-3)11(16)17/h9-10H,4-8H2,1-3H3,(H,13,18)(H,16,17). The molecule has 0 aromatic rings. The van der Waals surface area contributed by atoms with Gasteiger partial charge in [0.1, 0.15) is 0 Å². The number of rotatable bonds is 5. The van der Waals surface area contributed by atoms with Gasteiger partial charge in [0.15, 0.2) is 6.04 Å². The number of carboxylic acid groups (broad SMARTS) is 1. The quantitative estimate of drug-likeness (QED) is 0.726. The third-order valence-corrected chi connectivity index (χ3v) is 3.41. The van der Waals surface area contributed by atoms with Crippen molar-refractivity contribution in [3.05, 3.63) is 0 Å². The molecule has 1 unspecified atom stereocenters. The second kappa shape index (κ2) is 7.30. The van der Waals surface area contributed by atoms with Crippen molar-refractivity contribution in [3.63, 3.8) is 0 Å². The molecule has 0 spiro atoms. The van der Waals surface area contributed by atoms with E-state index in [1.807, 2.05) is 14.1 Å². The molecule has 0 aliphatic carbocycles. The van der Waals surface area contributed by atoms with Crippen molar-refractivity contribution in [1.82, 2.24) is 15.1 Å². The van der Waals surface area contributed by atoms with E-state index in [0.29, 0.717) is 19.1 Å². The summed E-state index contributed by atoms with van der Waals surface area (Å²) in [6.07, 6.45) is 1.81. The predicted molar refractivity (Wildman–Crippen MR) is 70.1 cm³/mol. The molecule has 1 rings (SSSR count). The Hall–Kier alpha value is -1.34. The molecule has 1 atom stereocenters. The molecule has 0 bridgehead atoms. The maximum absolute atomic E-state index is 11.9. The van der Waals surface area contributed by atoms with Crippen molar-refractivity contribution < 1.29 is 19.4 Å². The molecule has 0 radical (unpaired) electrons. The summed E-state index contributed by atoms with van der Waals surface area (Å²) in [7, 11) is 5.46. The van der Waals surface area contributed by atoms with Crippen molar-refractivity contribution in [2.24, 2.45) is 0 Å². The van der Waals surface area contributed by atoms with Gasteiger partial charge < -0.3 is 25.0 Å². The number of hydrogen-bond acceptors (Lipinski definition) is 4. The lowest BCUT2D eigenvalue weighted by Crippen LogP contribution is -2.53. The van der Waals surface area contributed by atoms with Crippen LogP contribution < -0.4 is 5.32 Å². The number of nitrogens with one attached hydrogen (secondary N) is 1. The number of aliphatic carboxylic acids is 1. The van der Waals surface area contributed by atoms with E-state index in [-0.39, 0.29) is 12.6 Å². The molecule has 7 nitrogen and oxygen atoms in total. The number of likely N-dealkylation sites (tertiary alicyclic amines) is 1. The van der Waals surface area contributed by atoms with Gasteiger partial charge in [-0.05, 0) is 26.9 Å². The molecule has 0 saturated carbocycles. The Kier molecular flexibility index (Phi) is 6.04. The first-order valence-corrected chi connectivity index (χ1v) is 6.39. The zero-order valence-electron chi connectivity index (χ0n) is 11.8. The van der Waals surface area contributed by atoms with Crippen LogP contribution in [0.2, 0.25) is 0 Å². The molecule has 0 aromatic heterocycles. The van der Waals surface area contributed by atoms with Gasteiger partial charge in [0.2, 0.25) is 0 Å². The fraction of sp³-hybridized carbons (Fsp3) is 0.833. The van der Waals surface area contributed by atoms with Crippen LogP contribution in [0.1, 0.15) is 12.8 Å². The summed E-state index contributed by atoms with van der Waals surface area (Å²) in [5.74, 6) is -1.08. The number of amides is 2. The second-order valence-corrected chi connectivity index (χ2v) is 4.98. The van der Waals surface area contributed by atoms with E-state index in [4.69, 9.17) is 9.84 Å². The number of carbonyl (C=O) groups is 2. The zero-order chi connectivity index (χ0) is 14.4. The molecule has 19 heavy (non-hydrogen) atoms. The molecular weight excluding hydrogens is 250 g/mol. The van der Waals surface area contributed by atoms with E-state index in [9.17, 15) is 9.59 Å². The minimum Gasteiger partial charge on any atom is -0.480 e. The maximum Gasteiger partial charge on any atom is 0.328 e. The van der Waals surface area contributed by atoms with E-state index in [1.54, 1.807) is 4.90 Å². The first kappa shape index (κ1) is 15.7. The lowest BCUT2D eigenvalue weighted by molar-refractivity contribution is -0.140. The van der Waals surface area contributed by atoms with Crippen molar-refractivity contribution in [3.8, 4) is 0 Å². The lowest BCUT2D eigenvalue weighted by atomic mass is 10.0. The minimum atomic E-state index is -1.08. The zero-order valence-corrected chi connectivity index (χ0v) is 11.8. The monoisotopic (exact) mass is 273 g/mol. The number of piperidine rings is 1. The smallest absolute Gasteiger partial charge is 0.328 e. The summed E-state index contributed by atoms with van der Waals surface area (Å²) in [4.78, 5) is 26.7. The van der Waals surface area contributed by atoms with Gasteiger partial charge in [-0.2, -0.15) is 0 Å². The minimum absolute atomic E-state index is 0.0325. The van der Waals surface area contributed by atoms with Crippen LogP contribution in [0.5, 0.6) is 0 Å². The van der Waals surface area contributed by atoms with Crippen molar-refractivity contribution in [2.45, 2.75) is 24.9 Å². The molecule has 0 aromatic carbocycles. The van der Waals surface area contributed by atoms with E-state index in [1.165, 1.54) is 7.11 Å². The van der Waals surface area contributed by atoms with Gasteiger partial charge >= 0.3 is 12.0 Å². The SMILES string of the molecule is COCC(NC(=O)N1CCC(N(C)C)CC1)C(=O)O. The number of ether oxygens (including phenoxy) is 1. The summed E-state index contributed by atoms with van der Waals surface area (Å²) in [5, 5.41) is 11.4. The summed E-state index contributed by atoms with van der Waals surface area (Å²) < 4.78 is 4.78. The van der Waals surface area contributed by atoms with Crippen molar-refractivity contribution in [1.29, 1.82) is 0 Å². The third-order valence-electron chi connectivity index (χ3n) is 3.41. The van der Waals surface area contributed by atoms with Gasteiger partial charge in [-0.15, -0.1) is 0 Å². The summed E-state index contributed by atoms with van der Waals surface area (Å²) in [5.41, 5.74) is 0. The van der Waals surface area contributed by atoms with Gasteiger partial charge in [-0.3, -0.25) is 0 Å². The Bertz CT molecular complexity index is 314. The van der Waals surface area contributed by atoms with Gasteiger partial charge in [-0.1, -0.05) is 0 Å². The van der Waals surface area contributed by atoms with Crippen LogP contribution in [0, 0.1) is 0 Å². The Labute approximate surface area is 113 Å². The second-order valence-electron chi connectivity index (χ2n) is 4.98. The third kappa shape index (κ3) is 4.68. The Morgan fingerprint density at radius 1 is 1.42 bits per heavy atom. The molecule has 110 valence electrons. The van der Waals surface area contributed by atoms with Crippen LogP contribution in [-0.4, -0.2) is 79.9 Å². The first-order valence-electron chi connectivity index (χ1n) is 6.39. The number of methoxy groups -OCH3 is 1. The highest BCUT2D eigenvalue weighted by molar-refractivity contribution is 5.82.